The van der Waals surface area contributed by atoms with Crippen LogP contribution in [0, 0.1) is 15.9 Å². The van der Waals surface area contributed by atoms with Crippen molar-refractivity contribution in [2.24, 2.45) is 5.73 Å². The van der Waals surface area contributed by atoms with Crippen LogP contribution in [0.1, 0.15) is 25.3 Å². The summed E-state index contributed by atoms with van der Waals surface area (Å²) in [6.07, 6.45) is -0.115. The number of halogens is 2. The third-order valence-corrected chi connectivity index (χ3v) is 3.01. The molecule has 6 nitrogen and oxygen atoms in total. The van der Waals surface area contributed by atoms with Gasteiger partial charge >= 0.3 is 11.8 Å². The molecule has 1 atom stereocenters. The zero-order valence-corrected chi connectivity index (χ0v) is 11.5. The quantitative estimate of drug-likeness (QED) is 0.645. The number of nitro benzene ring substituents is 1. The summed E-state index contributed by atoms with van der Waals surface area (Å²) in [7, 11) is 0. The molecule has 110 valence electrons. The van der Waals surface area contributed by atoms with E-state index < -0.39 is 28.6 Å². The van der Waals surface area contributed by atoms with Crippen LogP contribution in [0.2, 0.25) is 5.02 Å². The number of amides is 1. The topological polar surface area (TPSA) is 95.5 Å². The van der Waals surface area contributed by atoms with Crippen molar-refractivity contribution in [1.29, 1.82) is 0 Å². The Morgan fingerprint density at radius 2 is 2.25 bits per heavy atom. The predicted octanol–water partition coefficient (Wildman–Crippen LogP) is 3.19. The zero-order valence-electron chi connectivity index (χ0n) is 10.8. The highest BCUT2D eigenvalue weighted by Crippen LogP contribution is 2.27. The Morgan fingerprint density at radius 1 is 1.60 bits per heavy atom. The van der Waals surface area contributed by atoms with Crippen LogP contribution in [-0.4, -0.2) is 17.1 Å². The average Bonchev–Trinajstić information content (AvgIpc) is 2.31. The van der Waals surface area contributed by atoms with E-state index in [1.807, 2.05) is 6.92 Å². The maximum Gasteiger partial charge on any atom is 0.404 e. The molecule has 0 aliphatic heterocycles. The molecule has 8 heteroatoms. The molecular formula is C12H14ClFN2O4. The third kappa shape index (κ3) is 4.34. The van der Waals surface area contributed by atoms with E-state index in [4.69, 9.17) is 22.1 Å². The Morgan fingerprint density at radius 3 is 2.75 bits per heavy atom. The van der Waals surface area contributed by atoms with E-state index in [9.17, 15) is 19.3 Å². The Labute approximate surface area is 119 Å². The van der Waals surface area contributed by atoms with Crippen LogP contribution in [0.3, 0.4) is 0 Å². The van der Waals surface area contributed by atoms with Crippen molar-refractivity contribution in [2.45, 2.75) is 32.3 Å². The van der Waals surface area contributed by atoms with Crippen molar-refractivity contribution in [3.05, 3.63) is 38.7 Å². The normalized spacial score (nSPS) is 11.9. The fraction of sp³-hybridized carbons (Fsp3) is 0.417. The fourth-order valence-electron chi connectivity index (χ4n) is 1.81. The molecule has 0 heterocycles. The largest absolute Gasteiger partial charge is 0.446 e. The number of carbonyl (C=O) groups is 1. The van der Waals surface area contributed by atoms with Crippen molar-refractivity contribution < 1.29 is 18.8 Å². The summed E-state index contributed by atoms with van der Waals surface area (Å²) in [5.74, 6) is -1.01. The van der Waals surface area contributed by atoms with Gasteiger partial charge in [-0.2, -0.15) is 4.39 Å². The smallest absolute Gasteiger partial charge is 0.404 e. The molecule has 0 fully saturated rings. The summed E-state index contributed by atoms with van der Waals surface area (Å²) >= 11 is 5.85. The molecule has 0 aliphatic rings. The Balaban J connectivity index is 3.02. The number of carbonyl (C=O) groups excluding carboxylic acids is 1. The highest BCUT2D eigenvalue weighted by Gasteiger charge is 2.21. The first-order chi connectivity index (χ1) is 9.35. The predicted molar refractivity (Wildman–Crippen MR) is 71.1 cm³/mol. The molecule has 1 amide bonds. The van der Waals surface area contributed by atoms with Gasteiger partial charge in [-0.05, 0) is 18.1 Å². The van der Waals surface area contributed by atoms with Crippen LogP contribution in [-0.2, 0) is 11.2 Å². The highest BCUT2D eigenvalue weighted by molar-refractivity contribution is 6.31. The summed E-state index contributed by atoms with van der Waals surface area (Å²) in [6, 6.07) is 1.92. The van der Waals surface area contributed by atoms with Crippen molar-refractivity contribution in [2.75, 3.05) is 0 Å². The van der Waals surface area contributed by atoms with Crippen LogP contribution >= 0.6 is 11.6 Å². The van der Waals surface area contributed by atoms with Crippen LogP contribution in [0.4, 0.5) is 14.9 Å². The molecule has 1 aromatic rings. The minimum Gasteiger partial charge on any atom is -0.446 e. The first-order valence-corrected chi connectivity index (χ1v) is 6.31. The summed E-state index contributed by atoms with van der Waals surface area (Å²) in [5.41, 5.74) is 4.62. The second kappa shape index (κ2) is 7.04. The van der Waals surface area contributed by atoms with Gasteiger partial charge in [0.1, 0.15) is 6.10 Å². The molecule has 1 aromatic carbocycles. The van der Waals surface area contributed by atoms with E-state index in [-0.39, 0.29) is 11.4 Å². The molecule has 20 heavy (non-hydrogen) atoms. The summed E-state index contributed by atoms with van der Waals surface area (Å²) in [5, 5.41) is 10.7. The lowest BCUT2D eigenvalue weighted by molar-refractivity contribution is -0.387. The molecular weight excluding hydrogens is 291 g/mol. The standard InChI is InChI=1S/C12H14ClFN2O4/c1-2-3-8(20-12(15)17)4-7-5-11(16(18)19)10(14)6-9(7)13/h5-6,8H,2-4H2,1H3,(H2,15,17). The van der Waals surface area contributed by atoms with Gasteiger partial charge in [-0.1, -0.05) is 24.9 Å². The Hall–Kier alpha value is -1.89. The molecule has 0 saturated heterocycles. The van der Waals surface area contributed by atoms with Crippen molar-refractivity contribution in [1.82, 2.24) is 0 Å². The summed E-state index contributed by atoms with van der Waals surface area (Å²) in [4.78, 5) is 20.6. The lowest BCUT2D eigenvalue weighted by atomic mass is 10.0. The van der Waals surface area contributed by atoms with Gasteiger partial charge in [0.2, 0.25) is 5.82 Å². The van der Waals surface area contributed by atoms with Crippen molar-refractivity contribution >= 4 is 23.4 Å². The number of nitrogens with zero attached hydrogens (tertiary/aromatic N) is 1. The van der Waals surface area contributed by atoms with E-state index in [1.165, 1.54) is 0 Å². The van der Waals surface area contributed by atoms with E-state index in [1.54, 1.807) is 0 Å². The van der Waals surface area contributed by atoms with Crippen LogP contribution in [0.5, 0.6) is 0 Å². The number of ether oxygens (including phenoxy) is 1. The maximum absolute atomic E-state index is 13.3. The second-order valence-electron chi connectivity index (χ2n) is 4.20. The Kier molecular flexibility index (Phi) is 5.69. The van der Waals surface area contributed by atoms with Crippen molar-refractivity contribution in [3.8, 4) is 0 Å². The van der Waals surface area contributed by atoms with Gasteiger partial charge in [-0.25, -0.2) is 4.79 Å². The fourth-order valence-corrected chi connectivity index (χ4v) is 2.04. The number of nitrogens with two attached hydrogens (primary N) is 1. The molecule has 2 N–H and O–H groups in total. The van der Waals surface area contributed by atoms with Gasteiger partial charge in [0, 0.05) is 17.5 Å². The van der Waals surface area contributed by atoms with E-state index in [0.29, 0.717) is 12.0 Å². The van der Waals surface area contributed by atoms with Crippen LogP contribution in [0.25, 0.3) is 0 Å². The lowest BCUT2D eigenvalue weighted by Gasteiger charge is -2.16. The molecule has 0 bridgehead atoms. The molecule has 1 rings (SSSR count). The van der Waals surface area contributed by atoms with Gasteiger partial charge in [0.25, 0.3) is 0 Å². The molecule has 0 saturated carbocycles. The number of rotatable bonds is 6. The zero-order chi connectivity index (χ0) is 15.3. The number of hydrogen-bond acceptors (Lipinski definition) is 4. The molecule has 0 aromatic heterocycles. The summed E-state index contributed by atoms with van der Waals surface area (Å²) in [6.45, 7) is 1.88. The van der Waals surface area contributed by atoms with Gasteiger partial charge in [0.15, 0.2) is 0 Å². The highest BCUT2D eigenvalue weighted by atomic mass is 35.5. The minimum atomic E-state index is -1.01. The molecule has 0 spiro atoms. The molecule has 1 unspecified atom stereocenters. The van der Waals surface area contributed by atoms with Crippen molar-refractivity contribution in [3.63, 3.8) is 0 Å². The van der Waals surface area contributed by atoms with E-state index in [2.05, 4.69) is 0 Å². The average molecular weight is 305 g/mol. The molecule has 0 radical (unpaired) electrons. The van der Waals surface area contributed by atoms with E-state index >= 15 is 0 Å². The maximum atomic E-state index is 13.3. The SMILES string of the molecule is CCCC(Cc1cc([N+](=O)[O-])c(F)cc1Cl)OC(N)=O. The van der Waals surface area contributed by atoms with Gasteiger partial charge in [-0.3, -0.25) is 10.1 Å². The lowest BCUT2D eigenvalue weighted by Crippen LogP contribution is -2.24. The monoisotopic (exact) mass is 304 g/mol. The van der Waals surface area contributed by atoms with Gasteiger partial charge in [0.05, 0.1) is 4.92 Å². The van der Waals surface area contributed by atoms with Crippen LogP contribution in [0.15, 0.2) is 12.1 Å². The number of benzene rings is 1. The van der Waals surface area contributed by atoms with Gasteiger partial charge < -0.3 is 10.5 Å². The second-order valence-corrected chi connectivity index (χ2v) is 4.61. The molecule has 0 aliphatic carbocycles. The number of nitro groups is 1. The Bertz CT molecular complexity index is 524. The number of hydrogen-bond donors (Lipinski definition) is 1. The summed E-state index contributed by atoms with van der Waals surface area (Å²) < 4.78 is 18.2. The number of primary amides is 1. The van der Waals surface area contributed by atoms with E-state index in [0.717, 1.165) is 18.6 Å². The minimum absolute atomic E-state index is 0.0438. The van der Waals surface area contributed by atoms with Crippen LogP contribution < -0.4 is 5.73 Å². The third-order valence-electron chi connectivity index (χ3n) is 2.65. The first kappa shape index (κ1) is 16.2. The van der Waals surface area contributed by atoms with Gasteiger partial charge in [-0.15, -0.1) is 0 Å². The first-order valence-electron chi connectivity index (χ1n) is 5.93.